The van der Waals surface area contributed by atoms with Crippen LogP contribution in [0.1, 0.15) is 26.5 Å². The van der Waals surface area contributed by atoms with Gasteiger partial charge in [-0.15, -0.1) is 0 Å². The van der Waals surface area contributed by atoms with E-state index in [4.69, 9.17) is 14.6 Å². The molecule has 30 heavy (non-hydrogen) atoms. The molecule has 1 aromatic rings. The van der Waals surface area contributed by atoms with Gasteiger partial charge in [-0.05, 0) is 25.0 Å². The van der Waals surface area contributed by atoms with Crippen molar-refractivity contribution in [1.82, 2.24) is 20.5 Å². The standard InChI is InChI=1S/C19H28N4O7/c1-12(2)15(17(25)26)22-16(24)13(3)21-18(27)29-11-30-19(28)23(4)10-8-14-7-5-6-9-20-14/h5-7,9,12-13,15H,8,10-11H2,1-4H3,(H,21,27)(H,22,24)(H,25,26)/t13-,15-/m0/s1. The number of aliphatic carboxylic acids is 1. The summed E-state index contributed by atoms with van der Waals surface area (Å²) in [5.74, 6) is -2.19. The van der Waals surface area contributed by atoms with Crippen LogP contribution in [-0.2, 0) is 25.5 Å². The fourth-order valence-electron chi connectivity index (χ4n) is 2.24. The Kier molecular flexibility index (Phi) is 10.1. The van der Waals surface area contributed by atoms with E-state index in [0.29, 0.717) is 13.0 Å². The van der Waals surface area contributed by atoms with Crippen molar-refractivity contribution in [3.63, 3.8) is 0 Å². The second kappa shape index (κ2) is 12.2. The molecule has 2 atom stereocenters. The predicted molar refractivity (Wildman–Crippen MR) is 105 cm³/mol. The molecule has 11 heteroatoms. The molecule has 0 aliphatic rings. The van der Waals surface area contributed by atoms with Crippen molar-refractivity contribution < 1.29 is 33.8 Å². The van der Waals surface area contributed by atoms with Gasteiger partial charge in [0.05, 0.1) is 0 Å². The zero-order valence-corrected chi connectivity index (χ0v) is 17.5. The monoisotopic (exact) mass is 424 g/mol. The minimum absolute atomic E-state index is 0.334. The van der Waals surface area contributed by atoms with E-state index < -0.39 is 42.9 Å². The third-order valence-corrected chi connectivity index (χ3v) is 4.07. The van der Waals surface area contributed by atoms with Crippen LogP contribution in [0.5, 0.6) is 0 Å². The maximum atomic E-state index is 12.0. The molecule has 11 nitrogen and oxygen atoms in total. The number of aromatic nitrogens is 1. The van der Waals surface area contributed by atoms with Crippen molar-refractivity contribution in [3.05, 3.63) is 30.1 Å². The number of carbonyl (C=O) groups excluding carboxylic acids is 3. The Bertz CT molecular complexity index is 727. The summed E-state index contributed by atoms with van der Waals surface area (Å²) in [6, 6.07) is 3.35. The smallest absolute Gasteiger partial charge is 0.412 e. The number of pyridine rings is 1. The topological polar surface area (TPSA) is 147 Å². The summed E-state index contributed by atoms with van der Waals surface area (Å²) in [5, 5.41) is 13.7. The van der Waals surface area contributed by atoms with Gasteiger partial charge in [-0.3, -0.25) is 9.78 Å². The van der Waals surface area contributed by atoms with Crippen LogP contribution in [0, 0.1) is 5.92 Å². The normalized spacial score (nSPS) is 12.4. The number of nitrogens with one attached hydrogen (secondary N) is 2. The minimum Gasteiger partial charge on any atom is -0.480 e. The maximum Gasteiger partial charge on any atom is 0.412 e. The number of hydrogen-bond donors (Lipinski definition) is 3. The molecule has 1 aromatic heterocycles. The van der Waals surface area contributed by atoms with E-state index in [1.54, 1.807) is 26.1 Å². The van der Waals surface area contributed by atoms with Gasteiger partial charge >= 0.3 is 18.2 Å². The number of alkyl carbamates (subject to hydrolysis) is 1. The van der Waals surface area contributed by atoms with Crippen LogP contribution in [0.4, 0.5) is 9.59 Å². The minimum atomic E-state index is -1.17. The van der Waals surface area contributed by atoms with E-state index in [1.165, 1.54) is 18.9 Å². The quantitative estimate of drug-likeness (QED) is 0.471. The van der Waals surface area contributed by atoms with Crippen molar-refractivity contribution in [1.29, 1.82) is 0 Å². The van der Waals surface area contributed by atoms with Gasteiger partial charge in [-0.1, -0.05) is 19.9 Å². The van der Waals surface area contributed by atoms with Crippen molar-refractivity contribution in [2.45, 2.75) is 39.3 Å². The zero-order chi connectivity index (χ0) is 22.7. The van der Waals surface area contributed by atoms with Crippen molar-refractivity contribution in [2.24, 2.45) is 5.92 Å². The molecule has 0 aliphatic heterocycles. The van der Waals surface area contributed by atoms with Crippen LogP contribution in [0.25, 0.3) is 0 Å². The van der Waals surface area contributed by atoms with Gasteiger partial charge in [-0.25, -0.2) is 14.4 Å². The Morgan fingerprint density at radius 3 is 2.40 bits per heavy atom. The lowest BCUT2D eigenvalue weighted by molar-refractivity contribution is -0.143. The summed E-state index contributed by atoms with van der Waals surface area (Å²) in [5.41, 5.74) is 0.822. The Labute approximate surface area is 174 Å². The molecule has 0 bridgehead atoms. The number of hydrogen-bond acceptors (Lipinski definition) is 7. The van der Waals surface area contributed by atoms with Gasteiger partial charge in [0, 0.05) is 31.9 Å². The summed E-state index contributed by atoms with van der Waals surface area (Å²) < 4.78 is 9.56. The fraction of sp³-hybridized carbons (Fsp3) is 0.526. The van der Waals surface area contributed by atoms with Crippen LogP contribution in [-0.4, -0.2) is 71.5 Å². The number of amides is 3. The summed E-state index contributed by atoms with van der Waals surface area (Å²) in [6.45, 7) is 4.38. The number of carboxylic acid groups (broad SMARTS) is 1. The van der Waals surface area contributed by atoms with Gasteiger partial charge in [0.2, 0.25) is 12.7 Å². The Morgan fingerprint density at radius 2 is 1.83 bits per heavy atom. The number of ether oxygens (including phenoxy) is 2. The fourth-order valence-corrected chi connectivity index (χ4v) is 2.24. The molecule has 0 aliphatic carbocycles. The first-order valence-electron chi connectivity index (χ1n) is 9.36. The van der Waals surface area contributed by atoms with Gasteiger partial charge in [-0.2, -0.15) is 0 Å². The van der Waals surface area contributed by atoms with E-state index >= 15 is 0 Å². The van der Waals surface area contributed by atoms with Gasteiger partial charge in [0.1, 0.15) is 12.1 Å². The van der Waals surface area contributed by atoms with E-state index in [1.807, 2.05) is 12.1 Å². The van der Waals surface area contributed by atoms with E-state index in [9.17, 15) is 19.2 Å². The predicted octanol–water partition coefficient (Wildman–Crippen LogP) is 0.990. The Morgan fingerprint density at radius 1 is 1.13 bits per heavy atom. The Hall–Kier alpha value is -3.37. The molecular formula is C19H28N4O7. The first kappa shape index (κ1) is 24.7. The average Bonchev–Trinajstić information content (AvgIpc) is 2.69. The first-order valence-corrected chi connectivity index (χ1v) is 9.36. The number of rotatable bonds is 10. The molecular weight excluding hydrogens is 396 g/mol. The second-order valence-electron chi connectivity index (χ2n) is 6.89. The van der Waals surface area contributed by atoms with Crippen LogP contribution in [0.3, 0.4) is 0 Å². The van der Waals surface area contributed by atoms with Crippen molar-refractivity contribution in [2.75, 3.05) is 20.4 Å². The van der Waals surface area contributed by atoms with Gasteiger partial charge < -0.3 is 30.1 Å². The maximum absolute atomic E-state index is 12.0. The van der Waals surface area contributed by atoms with Crippen LogP contribution in [0.2, 0.25) is 0 Å². The summed E-state index contributed by atoms with van der Waals surface area (Å²) in [7, 11) is 1.53. The highest BCUT2D eigenvalue weighted by atomic mass is 16.7. The number of carbonyl (C=O) groups is 4. The summed E-state index contributed by atoms with van der Waals surface area (Å²) in [4.78, 5) is 52.2. The van der Waals surface area contributed by atoms with Crippen LogP contribution >= 0.6 is 0 Å². The Balaban J connectivity index is 2.31. The van der Waals surface area contributed by atoms with Crippen LogP contribution < -0.4 is 10.6 Å². The molecule has 0 saturated carbocycles. The highest BCUT2D eigenvalue weighted by Gasteiger charge is 2.26. The molecule has 0 aromatic carbocycles. The third-order valence-electron chi connectivity index (χ3n) is 4.07. The molecule has 1 rings (SSSR count). The molecule has 0 spiro atoms. The zero-order valence-electron chi connectivity index (χ0n) is 17.5. The number of nitrogens with zero attached hydrogens (tertiary/aromatic N) is 2. The molecule has 1 heterocycles. The molecule has 0 unspecified atom stereocenters. The van der Waals surface area contributed by atoms with Crippen molar-refractivity contribution >= 4 is 24.1 Å². The SMILES string of the molecule is CC(C)[C@H](NC(=O)[C@H](C)NC(=O)OCOC(=O)N(C)CCc1ccccn1)C(=O)O. The molecule has 0 radical (unpaired) electrons. The highest BCUT2D eigenvalue weighted by Crippen LogP contribution is 2.02. The van der Waals surface area contributed by atoms with E-state index in [-0.39, 0.29) is 5.92 Å². The molecule has 3 amide bonds. The summed E-state index contributed by atoms with van der Waals surface area (Å²) in [6.07, 6.45) is 0.518. The summed E-state index contributed by atoms with van der Waals surface area (Å²) >= 11 is 0. The lowest BCUT2D eigenvalue weighted by Gasteiger charge is -2.21. The lowest BCUT2D eigenvalue weighted by Crippen LogP contribution is -2.52. The molecule has 3 N–H and O–H groups in total. The number of carboxylic acids is 1. The highest BCUT2D eigenvalue weighted by molar-refractivity contribution is 5.89. The largest absolute Gasteiger partial charge is 0.480 e. The van der Waals surface area contributed by atoms with Gasteiger partial charge in [0.25, 0.3) is 0 Å². The van der Waals surface area contributed by atoms with Crippen molar-refractivity contribution in [3.8, 4) is 0 Å². The molecule has 0 saturated heterocycles. The van der Waals surface area contributed by atoms with E-state index in [0.717, 1.165) is 5.69 Å². The molecule has 0 fully saturated rings. The lowest BCUT2D eigenvalue weighted by atomic mass is 10.0. The first-order chi connectivity index (χ1) is 14.1. The third kappa shape index (κ3) is 8.76. The van der Waals surface area contributed by atoms with Gasteiger partial charge in [0.15, 0.2) is 0 Å². The van der Waals surface area contributed by atoms with E-state index in [2.05, 4.69) is 15.6 Å². The van der Waals surface area contributed by atoms with Crippen LogP contribution in [0.15, 0.2) is 24.4 Å². The average molecular weight is 424 g/mol. The number of likely N-dealkylation sites (N-methyl/N-ethyl adjacent to an activating group) is 1. The molecule has 166 valence electrons. The second-order valence-corrected chi connectivity index (χ2v) is 6.89.